The van der Waals surface area contributed by atoms with E-state index in [0.717, 1.165) is 36.5 Å². The predicted octanol–water partition coefficient (Wildman–Crippen LogP) is 4.15. The van der Waals surface area contributed by atoms with Crippen molar-refractivity contribution >= 4 is 22.2 Å². The summed E-state index contributed by atoms with van der Waals surface area (Å²) in [5.41, 5.74) is 3.66. The van der Waals surface area contributed by atoms with E-state index in [-0.39, 0.29) is 17.8 Å². The van der Waals surface area contributed by atoms with Gasteiger partial charge in [-0.2, -0.15) is 0 Å². The Labute approximate surface area is 163 Å². The van der Waals surface area contributed by atoms with Crippen molar-refractivity contribution in [1.29, 1.82) is 0 Å². The van der Waals surface area contributed by atoms with Crippen LogP contribution in [-0.2, 0) is 22.4 Å². The van der Waals surface area contributed by atoms with Crippen molar-refractivity contribution in [2.45, 2.75) is 38.6 Å². The summed E-state index contributed by atoms with van der Waals surface area (Å²) in [7, 11) is 0. The Morgan fingerprint density at radius 1 is 1.19 bits per heavy atom. The molecule has 6 heteroatoms. The summed E-state index contributed by atoms with van der Waals surface area (Å²) in [4.78, 5) is 15.7. The zero-order chi connectivity index (χ0) is 18.8. The van der Waals surface area contributed by atoms with Gasteiger partial charge < -0.3 is 10.1 Å². The second-order valence-electron chi connectivity index (χ2n) is 7.24. The summed E-state index contributed by atoms with van der Waals surface area (Å²) < 4.78 is 19.1. The fourth-order valence-electron chi connectivity index (χ4n) is 4.17. The Balaban J connectivity index is 1.84. The molecule has 1 aromatic carbocycles. The molecule has 4 rings (SSSR count). The molecule has 1 aliphatic heterocycles. The van der Waals surface area contributed by atoms with Gasteiger partial charge >= 0.3 is 0 Å². The molecule has 0 radical (unpaired) electrons. The number of hydrogen-bond acceptors (Lipinski definition) is 4. The first-order valence-electron chi connectivity index (χ1n) is 9.63. The Bertz CT molecular complexity index is 812. The molecule has 2 heterocycles. The standard InChI is InChI=1S/C21H25FN2O2S/c1-14(25)23-21-19(17-4-2-3-5-18(17)27-21)20(24-10-12-26-13-11-24)15-6-8-16(22)9-7-15/h6-9,20H,2-5,10-13H2,1H3,(H,23,25)/t20-/m1/s1. The van der Waals surface area contributed by atoms with Gasteiger partial charge in [0, 0.05) is 30.5 Å². The van der Waals surface area contributed by atoms with Gasteiger partial charge in [-0.3, -0.25) is 9.69 Å². The van der Waals surface area contributed by atoms with Gasteiger partial charge in [0.05, 0.1) is 19.3 Å². The number of amides is 1. The van der Waals surface area contributed by atoms with E-state index in [4.69, 9.17) is 4.74 Å². The fraction of sp³-hybridized carbons (Fsp3) is 0.476. The highest BCUT2D eigenvalue weighted by Gasteiger charge is 2.32. The van der Waals surface area contributed by atoms with Gasteiger partial charge in [-0.05, 0) is 48.9 Å². The van der Waals surface area contributed by atoms with Crippen molar-refractivity contribution in [2.24, 2.45) is 0 Å². The predicted molar refractivity (Wildman–Crippen MR) is 106 cm³/mol. The lowest BCUT2D eigenvalue weighted by atomic mass is 9.88. The van der Waals surface area contributed by atoms with E-state index >= 15 is 0 Å². The fourth-order valence-corrected chi connectivity index (χ4v) is 5.54. The Kier molecular flexibility index (Phi) is 5.57. The van der Waals surface area contributed by atoms with Gasteiger partial charge in [-0.1, -0.05) is 12.1 Å². The van der Waals surface area contributed by atoms with Gasteiger partial charge in [0.15, 0.2) is 0 Å². The minimum atomic E-state index is -0.228. The van der Waals surface area contributed by atoms with Crippen molar-refractivity contribution in [3.63, 3.8) is 0 Å². The lowest BCUT2D eigenvalue weighted by molar-refractivity contribution is -0.114. The molecule has 4 nitrogen and oxygen atoms in total. The van der Waals surface area contributed by atoms with Gasteiger partial charge in [-0.15, -0.1) is 11.3 Å². The van der Waals surface area contributed by atoms with E-state index in [0.29, 0.717) is 13.2 Å². The SMILES string of the molecule is CC(=O)Nc1sc2c(c1[C@@H](c1ccc(F)cc1)N1CCOCC1)CCCC2. The molecule has 1 aromatic heterocycles. The van der Waals surface area contributed by atoms with E-state index in [2.05, 4.69) is 10.2 Å². The molecular formula is C21H25FN2O2S. The average molecular weight is 389 g/mol. The number of nitrogens with zero attached hydrogens (tertiary/aromatic N) is 1. The summed E-state index contributed by atoms with van der Waals surface area (Å²) in [5.74, 6) is -0.274. The molecule has 1 fully saturated rings. The topological polar surface area (TPSA) is 41.6 Å². The van der Waals surface area contributed by atoms with Crippen LogP contribution in [0.3, 0.4) is 0 Å². The Hall–Kier alpha value is -1.76. The van der Waals surface area contributed by atoms with Crippen molar-refractivity contribution in [2.75, 3.05) is 31.6 Å². The number of fused-ring (bicyclic) bond motifs is 1. The van der Waals surface area contributed by atoms with Crippen LogP contribution < -0.4 is 5.32 Å². The van der Waals surface area contributed by atoms with Crippen molar-refractivity contribution in [3.8, 4) is 0 Å². The molecule has 1 atom stereocenters. The maximum atomic E-state index is 13.6. The molecule has 0 spiro atoms. The summed E-state index contributed by atoms with van der Waals surface area (Å²) >= 11 is 1.72. The minimum Gasteiger partial charge on any atom is -0.379 e. The summed E-state index contributed by atoms with van der Waals surface area (Å²) in [6.45, 7) is 4.60. The first-order valence-corrected chi connectivity index (χ1v) is 10.4. The summed E-state index contributed by atoms with van der Waals surface area (Å²) in [5, 5.41) is 4.03. The van der Waals surface area contributed by atoms with Crippen LogP contribution in [0.5, 0.6) is 0 Å². The number of benzene rings is 1. The number of anilines is 1. The van der Waals surface area contributed by atoms with Crippen LogP contribution in [0.25, 0.3) is 0 Å². The molecule has 27 heavy (non-hydrogen) atoms. The Morgan fingerprint density at radius 2 is 1.89 bits per heavy atom. The maximum Gasteiger partial charge on any atom is 0.221 e. The van der Waals surface area contributed by atoms with Crippen molar-refractivity contribution < 1.29 is 13.9 Å². The number of hydrogen-bond donors (Lipinski definition) is 1. The van der Waals surface area contributed by atoms with Gasteiger partial charge in [-0.25, -0.2) is 4.39 Å². The number of morpholine rings is 1. The number of thiophene rings is 1. The van der Waals surface area contributed by atoms with Gasteiger partial charge in [0.25, 0.3) is 0 Å². The van der Waals surface area contributed by atoms with E-state index in [1.54, 1.807) is 18.3 Å². The normalized spacial score (nSPS) is 18.7. The first kappa shape index (κ1) is 18.6. The van der Waals surface area contributed by atoms with Gasteiger partial charge in [0.1, 0.15) is 10.8 Å². The zero-order valence-electron chi connectivity index (χ0n) is 15.6. The number of aryl methyl sites for hydroxylation is 1. The number of carbonyl (C=O) groups is 1. The van der Waals surface area contributed by atoms with E-state index < -0.39 is 0 Å². The number of carbonyl (C=O) groups excluding carboxylic acids is 1. The van der Waals surface area contributed by atoms with Crippen LogP contribution in [0.4, 0.5) is 9.39 Å². The van der Waals surface area contributed by atoms with E-state index in [1.165, 1.54) is 41.0 Å². The number of ether oxygens (including phenoxy) is 1. The third-order valence-electron chi connectivity index (χ3n) is 5.37. The molecular weight excluding hydrogens is 363 g/mol. The molecule has 1 N–H and O–H groups in total. The second-order valence-corrected chi connectivity index (χ2v) is 8.34. The lowest BCUT2D eigenvalue weighted by Gasteiger charge is -2.36. The highest BCUT2D eigenvalue weighted by molar-refractivity contribution is 7.16. The van der Waals surface area contributed by atoms with Crippen molar-refractivity contribution in [1.82, 2.24) is 4.90 Å². The lowest BCUT2D eigenvalue weighted by Crippen LogP contribution is -2.40. The maximum absolute atomic E-state index is 13.6. The number of halogens is 1. The van der Waals surface area contributed by atoms with Gasteiger partial charge in [0.2, 0.25) is 5.91 Å². The third-order valence-corrected chi connectivity index (χ3v) is 6.59. The van der Waals surface area contributed by atoms with Crippen LogP contribution in [0.15, 0.2) is 24.3 Å². The smallest absolute Gasteiger partial charge is 0.221 e. The highest BCUT2D eigenvalue weighted by Crippen LogP contribution is 2.45. The monoisotopic (exact) mass is 388 g/mol. The average Bonchev–Trinajstić information content (AvgIpc) is 3.02. The molecule has 2 aromatic rings. The molecule has 1 amide bonds. The second kappa shape index (κ2) is 8.09. The molecule has 1 aliphatic carbocycles. The highest BCUT2D eigenvalue weighted by atomic mass is 32.1. The summed E-state index contributed by atoms with van der Waals surface area (Å²) in [6.07, 6.45) is 4.50. The molecule has 0 bridgehead atoms. The first-order chi connectivity index (χ1) is 13.1. The largest absolute Gasteiger partial charge is 0.379 e. The third kappa shape index (κ3) is 3.93. The molecule has 144 valence electrons. The number of rotatable bonds is 4. The quantitative estimate of drug-likeness (QED) is 0.856. The zero-order valence-corrected chi connectivity index (χ0v) is 16.4. The molecule has 0 saturated carbocycles. The molecule has 1 saturated heterocycles. The minimum absolute atomic E-state index is 0.00875. The van der Waals surface area contributed by atoms with Crippen molar-refractivity contribution in [3.05, 3.63) is 51.7 Å². The van der Waals surface area contributed by atoms with E-state index in [9.17, 15) is 9.18 Å². The van der Waals surface area contributed by atoms with Crippen LogP contribution in [0.2, 0.25) is 0 Å². The van der Waals surface area contributed by atoms with Crippen LogP contribution in [0.1, 0.15) is 47.4 Å². The van der Waals surface area contributed by atoms with E-state index in [1.807, 2.05) is 12.1 Å². The van der Waals surface area contributed by atoms with Crippen LogP contribution >= 0.6 is 11.3 Å². The molecule has 2 aliphatic rings. The van der Waals surface area contributed by atoms with Crippen LogP contribution in [-0.4, -0.2) is 37.1 Å². The summed E-state index contributed by atoms with van der Waals surface area (Å²) in [6, 6.07) is 6.81. The Morgan fingerprint density at radius 3 is 2.59 bits per heavy atom. The van der Waals surface area contributed by atoms with Crippen LogP contribution in [0, 0.1) is 5.82 Å². The molecule has 0 unspecified atom stereocenters. The number of nitrogens with one attached hydrogen (secondary N) is 1.